The van der Waals surface area contributed by atoms with E-state index in [1.165, 1.54) is 0 Å². The van der Waals surface area contributed by atoms with E-state index in [0.717, 1.165) is 6.54 Å². The van der Waals surface area contributed by atoms with Crippen molar-refractivity contribution in [2.75, 3.05) is 13.6 Å². The van der Waals surface area contributed by atoms with Gasteiger partial charge < -0.3 is 0 Å². The summed E-state index contributed by atoms with van der Waals surface area (Å²) in [6, 6.07) is 0. The Hall–Kier alpha value is -0.790. The van der Waals surface area contributed by atoms with Gasteiger partial charge in [0.25, 0.3) is 0 Å². The standard InChI is InChI=1S/C8H16N2/c1-5-6-9-10(4)7-8(2)3/h5-6,8H,1,7H2,2-4H3/b9-6-. The third kappa shape index (κ3) is 5.35. The second-order valence-corrected chi connectivity index (χ2v) is 2.73. The lowest BCUT2D eigenvalue weighted by atomic mass is 10.2. The maximum atomic E-state index is 4.07. The molecule has 10 heavy (non-hydrogen) atoms. The van der Waals surface area contributed by atoms with Crippen molar-refractivity contribution in [2.24, 2.45) is 11.0 Å². The molecule has 58 valence electrons. The van der Waals surface area contributed by atoms with Crippen LogP contribution >= 0.6 is 0 Å². The van der Waals surface area contributed by atoms with E-state index >= 15 is 0 Å². The fourth-order valence-electron chi connectivity index (χ4n) is 0.737. The van der Waals surface area contributed by atoms with Crippen LogP contribution in [0.2, 0.25) is 0 Å². The molecule has 0 unspecified atom stereocenters. The molecule has 2 nitrogen and oxygen atoms in total. The van der Waals surface area contributed by atoms with Gasteiger partial charge >= 0.3 is 0 Å². The first-order chi connectivity index (χ1) is 4.66. The molecule has 0 aromatic heterocycles. The van der Waals surface area contributed by atoms with E-state index in [1.807, 2.05) is 12.1 Å². The summed E-state index contributed by atoms with van der Waals surface area (Å²) in [4.78, 5) is 0. The highest BCUT2D eigenvalue weighted by molar-refractivity contribution is 5.69. The minimum Gasteiger partial charge on any atom is -0.300 e. The monoisotopic (exact) mass is 140 g/mol. The molecular weight excluding hydrogens is 124 g/mol. The molecule has 0 aliphatic rings. The zero-order valence-electron chi connectivity index (χ0n) is 7.04. The Balaban J connectivity index is 3.52. The second-order valence-electron chi connectivity index (χ2n) is 2.73. The predicted octanol–water partition coefficient (Wildman–Crippen LogP) is 1.75. The van der Waals surface area contributed by atoms with Gasteiger partial charge in [-0.05, 0) is 12.0 Å². The summed E-state index contributed by atoms with van der Waals surface area (Å²) >= 11 is 0. The predicted molar refractivity (Wildman–Crippen MR) is 46.2 cm³/mol. The molecule has 0 aliphatic carbocycles. The van der Waals surface area contributed by atoms with E-state index in [0.29, 0.717) is 5.92 Å². The Morgan fingerprint density at radius 3 is 2.60 bits per heavy atom. The van der Waals surface area contributed by atoms with Crippen molar-refractivity contribution >= 4 is 6.21 Å². The highest BCUT2D eigenvalue weighted by Crippen LogP contribution is 1.94. The minimum absolute atomic E-state index is 0.659. The van der Waals surface area contributed by atoms with Gasteiger partial charge in [-0.3, -0.25) is 5.01 Å². The molecule has 0 saturated heterocycles. The Kier molecular flexibility index (Phi) is 4.63. The first-order valence-corrected chi connectivity index (χ1v) is 3.53. The maximum absolute atomic E-state index is 4.07. The molecule has 0 bridgehead atoms. The van der Waals surface area contributed by atoms with Crippen LogP contribution in [0.5, 0.6) is 0 Å². The van der Waals surface area contributed by atoms with E-state index in [9.17, 15) is 0 Å². The lowest BCUT2D eigenvalue weighted by Crippen LogP contribution is -2.17. The Morgan fingerprint density at radius 2 is 2.20 bits per heavy atom. The molecule has 0 aromatic carbocycles. The van der Waals surface area contributed by atoms with E-state index < -0.39 is 0 Å². The summed E-state index contributed by atoms with van der Waals surface area (Å²) in [5.41, 5.74) is 0. The average molecular weight is 140 g/mol. The van der Waals surface area contributed by atoms with Gasteiger partial charge in [0.2, 0.25) is 0 Å². The summed E-state index contributed by atoms with van der Waals surface area (Å²) in [5, 5.41) is 5.98. The van der Waals surface area contributed by atoms with Gasteiger partial charge in [0.05, 0.1) is 0 Å². The summed E-state index contributed by atoms with van der Waals surface area (Å²) in [5.74, 6) is 0.659. The summed E-state index contributed by atoms with van der Waals surface area (Å²) in [6.45, 7) is 8.86. The molecule has 0 heterocycles. The van der Waals surface area contributed by atoms with Crippen LogP contribution in [0.25, 0.3) is 0 Å². The van der Waals surface area contributed by atoms with Gasteiger partial charge in [0.1, 0.15) is 0 Å². The van der Waals surface area contributed by atoms with Gasteiger partial charge in [-0.15, -0.1) is 0 Å². The maximum Gasteiger partial charge on any atom is 0.0464 e. The third-order valence-electron chi connectivity index (χ3n) is 0.999. The van der Waals surface area contributed by atoms with E-state index in [2.05, 4.69) is 25.5 Å². The van der Waals surface area contributed by atoms with Crippen LogP contribution in [-0.4, -0.2) is 24.8 Å². The fraction of sp³-hybridized carbons (Fsp3) is 0.625. The van der Waals surface area contributed by atoms with Crippen LogP contribution in [0.1, 0.15) is 13.8 Å². The van der Waals surface area contributed by atoms with Crippen molar-refractivity contribution in [3.63, 3.8) is 0 Å². The summed E-state index contributed by atoms with van der Waals surface area (Å²) in [6.07, 6.45) is 3.37. The highest BCUT2D eigenvalue weighted by Gasteiger charge is 1.95. The van der Waals surface area contributed by atoms with Crippen LogP contribution in [0, 0.1) is 5.92 Å². The SMILES string of the molecule is C=C/C=N\N(C)CC(C)C. The van der Waals surface area contributed by atoms with E-state index in [4.69, 9.17) is 0 Å². The largest absolute Gasteiger partial charge is 0.300 e. The lowest BCUT2D eigenvalue weighted by Gasteiger charge is -2.14. The number of rotatable bonds is 4. The minimum atomic E-state index is 0.659. The van der Waals surface area contributed by atoms with Crippen molar-refractivity contribution in [2.45, 2.75) is 13.8 Å². The zero-order chi connectivity index (χ0) is 7.98. The van der Waals surface area contributed by atoms with Crippen molar-refractivity contribution in [3.8, 4) is 0 Å². The highest BCUT2D eigenvalue weighted by atomic mass is 15.4. The van der Waals surface area contributed by atoms with Gasteiger partial charge in [-0.25, -0.2) is 0 Å². The first-order valence-electron chi connectivity index (χ1n) is 3.53. The van der Waals surface area contributed by atoms with Crippen LogP contribution in [0.3, 0.4) is 0 Å². The van der Waals surface area contributed by atoms with Crippen LogP contribution < -0.4 is 0 Å². The van der Waals surface area contributed by atoms with Crippen molar-refractivity contribution in [1.29, 1.82) is 0 Å². The summed E-state index contributed by atoms with van der Waals surface area (Å²) < 4.78 is 0. The number of nitrogens with zero attached hydrogens (tertiary/aromatic N) is 2. The molecular formula is C8H16N2. The molecule has 0 aromatic rings. The van der Waals surface area contributed by atoms with Gasteiger partial charge in [0.15, 0.2) is 0 Å². The number of allylic oxidation sites excluding steroid dienone is 1. The molecule has 0 saturated carbocycles. The molecule has 0 rings (SSSR count). The molecule has 0 amide bonds. The van der Waals surface area contributed by atoms with Crippen LogP contribution in [0.4, 0.5) is 0 Å². The summed E-state index contributed by atoms with van der Waals surface area (Å²) in [7, 11) is 1.96. The smallest absolute Gasteiger partial charge is 0.0464 e. The fourth-order valence-corrected chi connectivity index (χ4v) is 0.737. The Labute approximate surface area is 63.2 Å². The number of hydrogen-bond donors (Lipinski definition) is 0. The number of hydrogen-bond acceptors (Lipinski definition) is 2. The van der Waals surface area contributed by atoms with Gasteiger partial charge in [-0.2, -0.15) is 5.10 Å². The van der Waals surface area contributed by atoms with Crippen molar-refractivity contribution in [3.05, 3.63) is 12.7 Å². The van der Waals surface area contributed by atoms with E-state index in [-0.39, 0.29) is 0 Å². The Morgan fingerprint density at radius 1 is 1.60 bits per heavy atom. The van der Waals surface area contributed by atoms with Crippen molar-refractivity contribution < 1.29 is 0 Å². The first kappa shape index (κ1) is 9.21. The molecule has 2 heteroatoms. The number of hydrazone groups is 1. The van der Waals surface area contributed by atoms with Gasteiger partial charge in [-0.1, -0.05) is 20.4 Å². The second kappa shape index (κ2) is 5.03. The normalized spacial score (nSPS) is 10.8. The lowest BCUT2D eigenvalue weighted by molar-refractivity contribution is 0.312. The molecule has 0 spiro atoms. The molecule has 0 aliphatic heterocycles. The topological polar surface area (TPSA) is 15.6 Å². The average Bonchev–Trinajstić information content (AvgIpc) is 1.82. The molecule has 0 fully saturated rings. The zero-order valence-corrected chi connectivity index (χ0v) is 7.04. The van der Waals surface area contributed by atoms with Gasteiger partial charge in [0, 0.05) is 19.8 Å². The molecule has 0 radical (unpaired) electrons. The van der Waals surface area contributed by atoms with Crippen LogP contribution in [-0.2, 0) is 0 Å². The third-order valence-corrected chi connectivity index (χ3v) is 0.999. The quantitative estimate of drug-likeness (QED) is 0.429. The molecule has 0 N–H and O–H groups in total. The van der Waals surface area contributed by atoms with Crippen LogP contribution in [0.15, 0.2) is 17.8 Å². The van der Waals surface area contributed by atoms with Crippen molar-refractivity contribution in [1.82, 2.24) is 5.01 Å². The van der Waals surface area contributed by atoms with E-state index in [1.54, 1.807) is 12.3 Å². The Bertz CT molecular complexity index is 116. The molecule has 0 atom stereocenters.